The Morgan fingerprint density at radius 3 is 2.64 bits per heavy atom. The first-order valence-electron chi connectivity index (χ1n) is 7.99. The summed E-state index contributed by atoms with van der Waals surface area (Å²) in [5.41, 5.74) is 2.27. The number of fused-ring (bicyclic) bond motifs is 1. The van der Waals surface area contributed by atoms with E-state index in [2.05, 4.69) is 0 Å². The Morgan fingerprint density at radius 2 is 1.96 bits per heavy atom. The second kappa shape index (κ2) is 6.39. The maximum Gasteiger partial charge on any atom is 0.311 e. The summed E-state index contributed by atoms with van der Waals surface area (Å²) >= 11 is 0. The van der Waals surface area contributed by atoms with Crippen molar-refractivity contribution < 1.29 is 14.8 Å². The summed E-state index contributed by atoms with van der Waals surface area (Å²) in [5.74, 6) is -0.205. The normalized spacial score (nSPS) is 15.1. The number of aromatic hydroxyl groups is 1. The van der Waals surface area contributed by atoms with E-state index in [1.54, 1.807) is 17.0 Å². The molecule has 6 heteroatoms. The first kappa shape index (κ1) is 16.7. The molecular weight excluding hydrogens is 320 g/mol. The molecule has 0 saturated heterocycles. The molecular formula is C19H18N2O4. The number of amides is 1. The second-order valence-corrected chi connectivity index (χ2v) is 6.39. The molecule has 1 aliphatic rings. The molecule has 0 radical (unpaired) electrons. The lowest BCUT2D eigenvalue weighted by Crippen LogP contribution is -2.30. The number of hydrogen-bond donors (Lipinski definition) is 1. The lowest BCUT2D eigenvalue weighted by atomic mass is 10.0. The van der Waals surface area contributed by atoms with Crippen LogP contribution in [0, 0.1) is 16.0 Å². The van der Waals surface area contributed by atoms with Gasteiger partial charge in [-0.15, -0.1) is 0 Å². The van der Waals surface area contributed by atoms with E-state index < -0.39 is 10.7 Å². The first-order chi connectivity index (χ1) is 11.9. The Balaban J connectivity index is 2.08. The monoisotopic (exact) mass is 338 g/mol. The molecule has 1 N–H and O–H groups in total. The van der Waals surface area contributed by atoms with Gasteiger partial charge in [0.2, 0.25) is 0 Å². The van der Waals surface area contributed by atoms with Crippen LogP contribution in [0.5, 0.6) is 5.75 Å². The maximum atomic E-state index is 12.9. The van der Waals surface area contributed by atoms with E-state index >= 15 is 0 Å². The quantitative estimate of drug-likeness (QED) is 0.521. The largest absolute Gasteiger partial charge is 0.502 e. The molecule has 0 atom stereocenters. The molecule has 0 unspecified atom stereocenters. The zero-order valence-electron chi connectivity index (χ0n) is 14.0. The third-order valence-corrected chi connectivity index (χ3v) is 4.02. The van der Waals surface area contributed by atoms with Crippen LogP contribution in [0.15, 0.2) is 42.5 Å². The summed E-state index contributed by atoms with van der Waals surface area (Å²) in [4.78, 5) is 25.0. The molecule has 1 amide bonds. The molecule has 6 nitrogen and oxygen atoms in total. The van der Waals surface area contributed by atoms with Gasteiger partial charge in [0, 0.05) is 23.7 Å². The van der Waals surface area contributed by atoms with Crippen LogP contribution in [0.1, 0.15) is 25.0 Å². The van der Waals surface area contributed by atoms with Crippen molar-refractivity contribution in [2.45, 2.75) is 13.8 Å². The fraction of sp³-hybridized carbons (Fsp3) is 0.211. The average molecular weight is 338 g/mol. The van der Waals surface area contributed by atoms with Crippen molar-refractivity contribution in [2.75, 3.05) is 11.4 Å². The minimum atomic E-state index is -0.646. The Bertz CT molecular complexity index is 887. The number of carbonyl (C=O) groups excluding carboxylic acids is 1. The SMILES string of the molecule is CC(C)CN1C(=O)/C(=C\c2ccc(O)c([N+](=O)[O-])c2)c2ccccc21. The molecule has 0 bridgehead atoms. The Kier molecular flexibility index (Phi) is 4.27. The molecule has 1 heterocycles. The van der Waals surface area contributed by atoms with Gasteiger partial charge in [-0.2, -0.15) is 0 Å². The summed E-state index contributed by atoms with van der Waals surface area (Å²) in [5, 5.41) is 20.6. The fourth-order valence-electron chi connectivity index (χ4n) is 2.94. The van der Waals surface area contributed by atoms with Crippen LogP contribution in [0.3, 0.4) is 0 Å². The molecule has 0 saturated carbocycles. The van der Waals surface area contributed by atoms with E-state index in [1.807, 2.05) is 38.1 Å². The van der Waals surface area contributed by atoms with Crippen LogP contribution in [-0.2, 0) is 4.79 Å². The number of nitro groups is 1. The molecule has 0 spiro atoms. The van der Waals surface area contributed by atoms with Gasteiger partial charge in [-0.05, 0) is 29.7 Å². The summed E-state index contributed by atoms with van der Waals surface area (Å²) in [6.07, 6.45) is 1.63. The van der Waals surface area contributed by atoms with E-state index in [-0.39, 0.29) is 11.6 Å². The summed E-state index contributed by atoms with van der Waals surface area (Å²) in [6.45, 7) is 4.69. The number of hydrogen-bond acceptors (Lipinski definition) is 4. The number of nitrogens with zero attached hydrogens (tertiary/aromatic N) is 2. The third-order valence-electron chi connectivity index (χ3n) is 4.02. The van der Waals surface area contributed by atoms with Crippen molar-refractivity contribution in [2.24, 2.45) is 5.92 Å². The van der Waals surface area contributed by atoms with Gasteiger partial charge in [-0.3, -0.25) is 14.9 Å². The molecule has 1 aliphatic heterocycles. The number of rotatable bonds is 4. The van der Waals surface area contributed by atoms with Gasteiger partial charge in [-0.25, -0.2) is 0 Å². The molecule has 0 aliphatic carbocycles. The summed E-state index contributed by atoms with van der Waals surface area (Å²) in [6, 6.07) is 11.6. The maximum absolute atomic E-state index is 12.9. The minimum Gasteiger partial charge on any atom is -0.502 e. The van der Waals surface area contributed by atoms with Crippen LogP contribution >= 0.6 is 0 Å². The fourth-order valence-corrected chi connectivity index (χ4v) is 2.94. The number of para-hydroxylation sites is 1. The Hall–Kier alpha value is -3.15. The van der Waals surface area contributed by atoms with Crippen molar-refractivity contribution in [1.82, 2.24) is 0 Å². The lowest BCUT2D eigenvalue weighted by molar-refractivity contribution is -0.385. The molecule has 25 heavy (non-hydrogen) atoms. The zero-order valence-corrected chi connectivity index (χ0v) is 14.0. The summed E-state index contributed by atoms with van der Waals surface area (Å²) < 4.78 is 0. The smallest absolute Gasteiger partial charge is 0.311 e. The number of phenols is 1. The van der Waals surface area contributed by atoms with Gasteiger partial charge in [0.1, 0.15) is 0 Å². The highest BCUT2D eigenvalue weighted by Gasteiger charge is 2.32. The first-order valence-corrected chi connectivity index (χ1v) is 7.99. The standard InChI is InChI=1S/C19H18N2O4/c1-12(2)11-20-16-6-4-3-5-14(16)15(19(20)23)9-13-7-8-18(22)17(10-13)21(24)25/h3-10,12,22H,11H2,1-2H3/b15-9-. The predicted octanol–water partition coefficient (Wildman–Crippen LogP) is 3.84. The van der Waals surface area contributed by atoms with E-state index in [9.17, 15) is 20.0 Å². The molecule has 128 valence electrons. The predicted molar refractivity (Wildman–Crippen MR) is 96.3 cm³/mol. The van der Waals surface area contributed by atoms with Crippen molar-refractivity contribution in [3.8, 4) is 5.75 Å². The van der Waals surface area contributed by atoms with Crippen LogP contribution in [0.25, 0.3) is 11.6 Å². The van der Waals surface area contributed by atoms with E-state index in [0.717, 1.165) is 11.3 Å². The van der Waals surface area contributed by atoms with Gasteiger partial charge in [-0.1, -0.05) is 38.1 Å². The van der Waals surface area contributed by atoms with Gasteiger partial charge in [0.25, 0.3) is 5.91 Å². The summed E-state index contributed by atoms with van der Waals surface area (Å²) in [7, 11) is 0. The molecule has 0 fully saturated rings. The average Bonchev–Trinajstić information content (AvgIpc) is 2.82. The van der Waals surface area contributed by atoms with Crippen LogP contribution < -0.4 is 4.90 Å². The van der Waals surface area contributed by atoms with E-state index in [1.165, 1.54) is 12.1 Å². The van der Waals surface area contributed by atoms with Crippen LogP contribution in [-0.4, -0.2) is 22.5 Å². The Morgan fingerprint density at radius 1 is 1.24 bits per heavy atom. The highest BCUT2D eigenvalue weighted by Crippen LogP contribution is 2.38. The highest BCUT2D eigenvalue weighted by atomic mass is 16.6. The third kappa shape index (κ3) is 3.10. The Labute approximate surface area is 145 Å². The van der Waals surface area contributed by atoms with Gasteiger partial charge in [0.05, 0.1) is 10.6 Å². The zero-order chi connectivity index (χ0) is 18.1. The van der Waals surface area contributed by atoms with Gasteiger partial charge >= 0.3 is 5.69 Å². The molecule has 3 rings (SSSR count). The van der Waals surface area contributed by atoms with E-state index in [0.29, 0.717) is 23.6 Å². The highest BCUT2D eigenvalue weighted by molar-refractivity contribution is 6.35. The van der Waals surface area contributed by atoms with Crippen molar-refractivity contribution >= 4 is 28.9 Å². The van der Waals surface area contributed by atoms with Crippen molar-refractivity contribution in [3.63, 3.8) is 0 Å². The molecule has 2 aromatic rings. The topological polar surface area (TPSA) is 83.7 Å². The van der Waals surface area contributed by atoms with Crippen molar-refractivity contribution in [1.29, 1.82) is 0 Å². The number of phenolic OH excluding ortho intramolecular Hbond substituents is 1. The lowest BCUT2D eigenvalue weighted by Gasteiger charge is -2.19. The van der Waals surface area contributed by atoms with Crippen LogP contribution in [0.4, 0.5) is 11.4 Å². The second-order valence-electron chi connectivity index (χ2n) is 6.39. The molecule has 0 aromatic heterocycles. The van der Waals surface area contributed by atoms with Crippen molar-refractivity contribution in [3.05, 3.63) is 63.7 Å². The van der Waals surface area contributed by atoms with Gasteiger partial charge in [0.15, 0.2) is 5.75 Å². The van der Waals surface area contributed by atoms with Crippen LogP contribution in [0.2, 0.25) is 0 Å². The number of benzene rings is 2. The number of nitro benzene ring substituents is 1. The van der Waals surface area contributed by atoms with Gasteiger partial charge < -0.3 is 10.0 Å². The minimum absolute atomic E-state index is 0.120. The number of anilines is 1. The van der Waals surface area contributed by atoms with E-state index in [4.69, 9.17) is 0 Å². The number of carbonyl (C=O) groups is 1. The molecule has 2 aromatic carbocycles.